The molecule has 1 fully saturated rings. The number of likely N-dealkylation sites (tertiary alicyclic amines) is 1. The molecule has 0 aliphatic carbocycles. The molecule has 0 unspecified atom stereocenters. The summed E-state index contributed by atoms with van der Waals surface area (Å²) in [5.41, 5.74) is 0.684. The van der Waals surface area contributed by atoms with Crippen LogP contribution in [0.3, 0.4) is 0 Å². The van der Waals surface area contributed by atoms with Crippen LogP contribution in [0.25, 0.3) is 0 Å². The Morgan fingerprint density at radius 1 is 1.44 bits per heavy atom. The maximum Gasteiger partial charge on any atom is 0.255 e. The minimum atomic E-state index is 0.111. The van der Waals surface area contributed by atoms with Crippen LogP contribution in [0.1, 0.15) is 36.5 Å². The maximum absolute atomic E-state index is 12.3. The first-order valence-corrected chi connectivity index (χ1v) is 6.67. The molecule has 1 aromatic rings. The summed E-state index contributed by atoms with van der Waals surface area (Å²) in [6.07, 6.45) is 5.13. The van der Waals surface area contributed by atoms with Crippen LogP contribution in [0, 0.1) is 5.92 Å². The number of carbonyl (C=O) groups excluding carboxylic acids is 1. The number of hydrogen-bond acceptors (Lipinski definition) is 3. The summed E-state index contributed by atoms with van der Waals surface area (Å²) in [5, 5.41) is 2.95. The van der Waals surface area contributed by atoms with Crippen LogP contribution in [-0.2, 0) is 0 Å². The molecule has 0 atom stereocenters. The Labute approximate surface area is 108 Å². The highest BCUT2D eigenvalue weighted by atomic mass is 16.2. The fourth-order valence-electron chi connectivity index (χ4n) is 2.40. The molecule has 0 bridgehead atoms. The monoisotopic (exact) mass is 247 g/mol. The number of nitrogens with one attached hydrogen (secondary N) is 1. The fraction of sp³-hybridized carbons (Fsp3) is 0.571. The molecule has 0 aromatic carbocycles. The van der Waals surface area contributed by atoms with E-state index in [1.165, 1.54) is 6.42 Å². The number of carbonyl (C=O) groups is 1. The molecule has 1 amide bonds. The van der Waals surface area contributed by atoms with Gasteiger partial charge in [-0.1, -0.05) is 13.3 Å². The van der Waals surface area contributed by atoms with E-state index in [-0.39, 0.29) is 5.91 Å². The largest absolute Gasteiger partial charge is 0.373 e. The number of anilines is 1. The van der Waals surface area contributed by atoms with Crippen molar-refractivity contribution in [3.8, 4) is 0 Å². The maximum atomic E-state index is 12.3. The normalized spacial score (nSPS) is 16.7. The average Bonchev–Trinajstić information content (AvgIpc) is 2.47. The topological polar surface area (TPSA) is 45.2 Å². The number of hydrogen-bond donors (Lipinski definition) is 1. The Hall–Kier alpha value is -1.58. The summed E-state index contributed by atoms with van der Waals surface area (Å²) < 4.78 is 0. The average molecular weight is 247 g/mol. The van der Waals surface area contributed by atoms with Gasteiger partial charge in [0.05, 0.1) is 5.56 Å². The zero-order valence-electron chi connectivity index (χ0n) is 11.1. The van der Waals surface area contributed by atoms with Crippen LogP contribution in [0.2, 0.25) is 0 Å². The Kier molecular flexibility index (Phi) is 4.18. The van der Waals surface area contributed by atoms with E-state index in [1.807, 2.05) is 24.1 Å². The summed E-state index contributed by atoms with van der Waals surface area (Å²) in [4.78, 5) is 18.4. The van der Waals surface area contributed by atoms with E-state index in [9.17, 15) is 4.79 Å². The van der Waals surface area contributed by atoms with Gasteiger partial charge in [0.1, 0.15) is 5.82 Å². The highest BCUT2D eigenvalue weighted by molar-refractivity contribution is 5.94. The van der Waals surface area contributed by atoms with Crippen LogP contribution < -0.4 is 5.32 Å². The molecule has 18 heavy (non-hydrogen) atoms. The minimum absolute atomic E-state index is 0.111. The third-order valence-electron chi connectivity index (χ3n) is 3.75. The van der Waals surface area contributed by atoms with Crippen molar-refractivity contribution in [2.75, 3.05) is 25.5 Å². The first-order valence-electron chi connectivity index (χ1n) is 6.67. The van der Waals surface area contributed by atoms with Gasteiger partial charge in [-0.3, -0.25) is 4.79 Å². The van der Waals surface area contributed by atoms with Gasteiger partial charge in [0.2, 0.25) is 0 Å². The second kappa shape index (κ2) is 5.85. The molecule has 0 radical (unpaired) electrons. The van der Waals surface area contributed by atoms with Crippen molar-refractivity contribution in [2.24, 2.45) is 5.92 Å². The Bertz CT molecular complexity index is 394. The van der Waals surface area contributed by atoms with Crippen molar-refractivity contribution >= 4 is 11.7 Å². The van der Waals surface area contributed by atoms with Crippen molar-refractivity contribution in [3.05, 3.63) is 23.9 Å². The third-order valence-corrected chi connectivity index (χ3v) is 3.75. The van der Waals surface area contributed by atoms with E-state index in [2.05, 4.69) is 17.2 Å². The molecule has 4 nitrogen and oxygen atoms in total. The molecule has 1 N–H and O–H groups in total. The molecular formula is C14H21N3O. The molecule has 1 aliphatic rings. The molecular weight excluding hydrogens is 226 g/mol. The van der Waals surface area contributed by atoms with Gasteiger partial charge in [0.15, 0.2) is 0 Å². The van der Waals surface area contributed by atoms with Gasteiger partial charge < -0.3 is 10.2 Å². The van der Waals surface area contributed by atoms with E-state index < -0.39 is 0 Å². The number of nitrogens with zero attached hydrogens (tertiary/aromatic N) is 2. The minimum Gasteiger partial charge on any atom is -0.373 e. The van der Waals surface area contributed by atoms with Crippen LogP contribution in [0.15, 0.2) is 18.3 Å². The smallest absolute Gasteiger partial charge is 0.255 e. The second-order valence-electron chi connectivity index (χ2n) is 4.83. The van der Waals surface area contributed by atoms with Crippen LogP contribution in [0.5, 0.6) is 0 Å². The van der Waals surface area contributed by atoms with Crippen LogP contribution >= 0.6 is 0 Å². The number of amides is 1. The van der Waals surface area contributed by atoms with E-state index in [1.54, 1.807) is 6.20 Å². The number of aromatic nitrogens is 1. The Morgan fingerprint density at radius 2 is 2.17 bits per heavy atom. The predicted octanol–water partition coefficient (Wildman–Crippen LogP) is 2.39. The van der Waals surface area contributed by atoms with E-state index in [4.69, 9.17) is 0 Å². The van der Waals surface area contributed by atoms with Gasteiger partial charge in [0.25, 0.3) is 5.91 Å². The Morgan fingerprint density at radius 3 is 2.67 bits per heavy atom. The molecule has 0 spiro atoms. The van der Waals surface area contributed by atoms with Crippen LogP contribution in [-0.4, -0.2) is 35.9 Å². The van der Waals surface area contributed by atoms with E-state index in [0.29, 0.717) is 5.56 Å². The van der Waals surface area contributed by atoms with Crippen molar-refractivity contribution in [1.82, 2.24) is 9.88 Å². The zero-order valence-corrected chi connectivity index (χ0v) is 11.1. The molecule has 4 heteroatoms. The van der Waals surface area contributed by atoms with E-state index in [0.717, 1.165) is 37.7 Å². The van der Waals surface area contributed by atoms with E-state index >= 15 is 0 Å². The van der Waals surface area contributed by atoms with Gasteiger partial charge in [-0.15, -0.1) is 0 Å². The number of pyridine rings is 1. The summed E-state index contributed by atoms with van der Waals surface area (Å²) in [5.74, 6) is 1.69. The SMILES string of the molecule is CCC1CCN(C(=O)c2ccc(NC)nc2)CC1. The van der Waals surface area contributed by atoms with Gasteiger partial charge >= 0.3 is 0 Å². The summed E-state index contributed by atoms with van der Waals surface area (Å²) in [6, 6.07) is 3.68. The molecule has 0 saturated carbocycles. The summed E-state index contributed by atoms with van der Waals surface area (Å²) >= 11 is 0. The molecule has 98 valence electrons. The van der Waals surface area contributed by atoms with Gasteiger partial charge in [-0.05, 0) is 30.9 Å². The molecule has 2 rings (SSSR count). The lowest BCUT2D eigenvalue weighted by molar-refractivity contribution is 0.0688. The van der Waals surface area contributed by atoms with Crippen LogP contribution in [0.4, 0.5) is 5.82 Å². The first-order chi connectivity index (χ1) is 8.74. The summed E-state index contributed by atoms with van der Waals surface area (Å²) in [7, 11) is 1.82. The van der Waals surface area contributed by atoms with Crippen molar-refractivity contribution in [2.45, 2.75) is 26.2 Å². The van der Waals surface area contributed by atoms with Crippen molar-refractivity contribution < 1.29 is 4.79 Å². The number of rotatable bonds is 3. The highest BCUT2D eigenvalue weighted by Gasteiger charge is 2.22. The lowest BCUT2D eigenvalue weighted by Crippen LogP contribution is -2.38. The predicted molar refractivity (Wildman–Crippen MR) is 72.7 cm³/mol. The van der Waals surface area contributed by atoms with Gasteiger partial charge in [-0.25, -0.2) is 4.98 Å². The quantitative estimate of drug-likeness (QED) is 0.892. The fourth-order valence-corrected chi connectivity index (χ4v) is 2.40. The molecule has 1 saturated heterocycles. The zero-order chi connectivity index (χ0) is 13.0. The third kappa shape index (κ3) is 2.81. The molecule has 1 aromatic heterocycles. The Balaban J connectivity index is 1.98. The lowest BCUT2D eigenvalue weighted by Gasteiger charge is -2.31. The van der Waals surface area contributed by atoms with Gasteiger partial charge in [-0.2, -0.15) is 0 Å². The van der Waals surface area contributed by atoms with Crippen molar-refractivity contribution in [1.29, 1.82) is 0 Å². The standard InChI is InChI=1S/C14H21N3O/c1-3-11-6-8-17(9-7-11)14(18)12-4-5-13(15-2)16-10-12/h4-5,10-11H,3,6-9H2,1-2H3,(H,15,16). The summed E-state index contributed by atoms with van der Waals surface area (Å²) in [6.45, 7) is 3.98. The second-order valence-corrected chi connectivity index (χ2v) is 4.83. The van der Waals surface area contributed by atoms with Crippen molar-refractivity contribution in [3.63, 3.8) is 0 Å². The molecule has 1 aliphatic heterocycles. The first kappa shape index (κ1) is 12.9. The lowest BCUT2D eigenvalue weighted by atomic mass is 9.94. The van der Waals surface area contributed by atoms with Gasteiger partial charge in [0, 0.05) is 26.3 Å². The number of piperidine rings is 1. The molecule has 2 heterocycles. The highest BCUT2D eigenvalue weighted by Crippen LogP contribution is 2.21.